The van der Waals surface area contributed by atoms with Gasteiger partial charge in [-0.3, -0.25) is 4.79 Å². The Morgan fingerprint density at radius 2 is 1.74 bits per heavy atom. The first-order chi connectivity index (χ1) is 10.8. The number of carboxylic acid groups (broad SMARTS) is 1. The van der Waals surface area contributed by atoms with Gasteiger partial charge in [-0.15, -0.1) is 0 Å². The quantitative estimate of drug-likeness (QED) is 0.874. The van der Waals surface area contributed by atoms with Crippen LogP contribution in [0.2, 0.25) is 0 Å². The summed E-state index contributed by atoms with van der Waals surface area (Å²) in [6.45, 7) is 5.37. The highest BCUT2D eigenvalue weighted by molar-refractivity contribution is 5.95. The fourth-order valence-corrected chi connectivity index (χ4v) is 3.25. The summed E-state index contributed by atoms with van der Waals surface area (Å²) in [5.41, 5.74) is 2.00. The number of carbonyl (C=O) groups excluding carboxylic acids is 1. The van der Waals surface area contributed by atoms with Gasteiger partial charge in [-0.25, -0.2) is 4.79 Å². The number of carboxylic acids is 1. The molecule has 0 bridgehead atoms. The second kappa shape index (κ2) is 7.02. The first-order valence-electron chi connectivity index (χ1n) is 8.09. The molecular formula is C18H25NO4. The van der Waals surface area contributed by atoms with E-state index in [0.717, 1.165) is 36.8 Å². The summed E-state index contributed by atoms with van der Waals surface area (Å²) in [5, 5.41) is 11.9. The Kier molecular flexibility index (Phi) is 5.29. The van der Waals surface area contributed by atoms with Gasteiger partial charge < -0.3 is 15.2 Å². The number of hydrogen-bond donors (Lipinski definition) is 2. The van der Waals surface area contributed by atoms with Gasteiger partial charge in [-0.1, -0.05) is 19.3 Å². The van der Waals surface area contributed by atoms with Gasteiger partial charge in [-0.05, 0) is 56.9 Å². The number of aryl methyl sites for hydroxylation is 2. The van der Waals surface area contributed by atoms with Crippen molar-refractivity contribution in [3.8, 4) is 5.75 Å². The van der Waals surface area contributed by atoms with E-state index < -0.39 is 5.97 Å². The molecule has 0 spiro atoms. The minimum Gasteiger partial charge on any atom is -0.481 e. The minimum absolute atomic E-state index is 0.0783. The summed E-state index contributed by atoms with van der Waals surface area (Å²) in [4.78, 5) is 23.2. The van der Waals surface area contributed by atoms with Gasteiger partial charge in [-0.2, -0.15) is 0 Å². The monoisotopic (exact) mass is 319 g/mol. The number of nitrogens with one attached hydrogen (secondary N) is 1. The highest BCUT2D eigenvalue weighted by atomic mass is 16.5. The molecule has 2 N–H and O–H groups in total. The van der Waals surface area contributed by atoms with Crippen LogP contribution >= 0.6 is 0 Å². The minimum atomic E-state index is -1.02. The van der Waals surface area contributed by atoms with Crippen molar-refractivity contribution in [1.82, 2.24) is 5.32 Å². The predicted molar refractivity (Wildman–Crippen MR) is 88.0 cm³/mol. The molecule has 1 aromatic rings. The van der Waals surface area contributed by atoms with Gasteiger partial charge >= 0.3 is 5.97 Å². The third-order valence-corrected chi connectivity index (χ3v) is 4.43. The molecule has 126 valence electrons. The van der Waals surface area contributed by atoms with E-state index >= 15 is 0 Å². The van der Waals surface area contributed by atoms with Crippen molar-refractivity contribution in [2.75, 3.05) is 6.61 Å². The van der Waals surface area contributed by atoms with E-state index in [1.807, 2.05) is 13.8 Å². The van der Waals surface area contributed by atoms with Gasteiger partial charge in [0.25, 0.3) is 5.91 Å². The van der Waals surface area contributed by atoms with Gasteiger partial charge in [0, 0.05) is 11.1 Å². The van der Waals surface area contributed by atoms with Crippen molar-refractivity contribution in [2.24, 2.45) is 0 Å². The third kappa shape index (κ3) is 4.47. The van der Waals surface area contributed by atoms with Crippen LogP contribution in [0.15, 0.2) is 12.1 Å². The number of aliphatic carboxylic acids is 1. The smallest absolute Gasteiger partial charge is 0.341 e. The van der Waals surface area contributed by atoms with E-state index in [-0.39, 0.29) is 18.1 Å². The van der Waals surface area contributed by atoms with Crippen LogP contribution in [-0.2, 0) is 4.79 Å². The molecular weight excluding hydrogens is 294 g/mol. The topological polar surface area (TPSA) is 75.6 Å². The molecule has 1 aliphatic rings. The lowest BCUT2D eigenvalue weighted by molar-refractivity contribution is -0.139. The predicted octanol–water partition coefficient (Wildman–Crippen LogP) is 3.22. The average Bonchev–Trinajstić information content (AvgIpc) is 2.46. The standard InChI is InChI=1S/C18H25NO4/c1-12-9-14(10-13(2)16(12)23-11-15(20)21)17(22)19-18(3)7-5-4-6-8-18/h9-10H,4-8,11H2,1-3H3,(H,19,22)(H,20,21). The van der Waals surface area contributed by atoms with Gasteiger partial charge in [0.1, 0.15) is 5.75 Å². The molecule has 0 aromatic heterocycles. The number of ether oxygens (including phenoxy) is 1. The summed E-state index contributed by atoms with van der Waals surface area (Å²) in [6.07, 6.45) is 5.56. The molecule has 0 atom stereocenters. The van der Waals surface area contributed by atoms with E-state index in [0.29, 0.717) is 11.3 Å². The van der Waals surface area contributed by atoms with E-state index in [4.69, 9.17) is 9.84 Å². The second-order valence-corrected chi connectivity index (χ2v) is 6.70. The lowest BCUT2D eigenvalue weighted by Gasteiger charge is -2.34. The number of benzene rings is 1. The maximum atomic E-state index is 12.6. The van der Waals surface area contributed by atoms with Gasteiger partial charge in [0.2, 0.25) is 0 Å². The molecule has 0 saturated heterocycles. The Bertz CT molecular complexity index is 580. The molecule has 5 heteroatoms. The molecule has 1 aromatic carbocycles. The number of carbonyl (C=O) groups is 2. The van der Waals surface area contributed by atoms with Crippen molar-refractivity contribution in [3.05, 3.63) is 28.8 Å². The normalized spacial score (nSPS) is 16.7. The highest BCUT2D eigenvalue weighted by Gasteiger charge is 2.29. The molecule has 0 radical (unpaired) electrons. The van der Waals surface area contributed by atoms with Crippen molar-refractivity contribution in [2.45, 2.75) is 58.4 Å². The lowest BCUT2D eigenvalue weighted by atomic mass is 9.83. The van der Waals surface area contributed by atoms with E-state index in [2.05, 4.69) is 12.2 Å². The Hall–Kier alpha value is -2.04. The molecule has 23 heavy (non-hydrogen) atoms. The van der Waals surface area contributed by atoms with Crippen LogP contribution < -0.4 is 10.1 Å². The summed E-state index contributed by atoms with van der Waals surface area (Å²) in [6, 6.07) is 3.51. The van der Waals surface area contributed by atoms with Crippen LogP contribution in [0, 0.1) is 13.8 Å². The van der Waals surface area contributed by atoms with Crippen LogP contribution in [0.5, 0.6) is 5.75 Å². The third-order valence-electron chi connectivity index (χ3n) is 4.43. The van der Waals surface area contributed by atoms with E-state index in [9.17, 15) is 9.59 Å². The maximum absolute atomic E-state index is 12.6. The molecule has 1 amide bonds. The van der Waals surface area contributed by atoms with Crippen LogP contribution in [0.4, 0.5) is 0 Å². The Balaban J connectivity index is 2.13. The molecule has 1 aliphatic carbocycles. The fraction of sp³-hybridized carbons (Fsp3) is 0.556. The van der Waals surface area contributed by atoms with Crippen LogP contribution in [0.3, 0.4) is 0 Å². The van der Waals surface area contributed by atoms with Crippen LogP contribution in [0.25, 0.3) is 0 Å². The summed E-state index contributed by atoms with van der Waals surface area (Å²) >= 11 is 0. The highest BCUT2D eigenvalue weighted by Crippen LogP contribution is 2.29. The first kappa shape index (κ1) is 17.3. The lowest BCUT2D eigenvalue weighted by Crippen LogP contribution is -2.47. The number of amides is 1. The van der Waals surface area contributed by atoms with E-state index in [1.54, 1.807) is 12.1 Å². The van der Waals surface area contributed by atoms with Crippen molar-refractivity contribution in [3.63, 3.8) is 0 Å². The fourth-order valence-electron chi connectivity index (χ4n) is 3.25. The van der Waals surface area contributed by atoms with Gasteiger partial charge in [0.05, 0.1) is 0 Å². The molecule has 0 heterocycles. The summed E-state index contributed by atoms with van der Waals surface area (Å²) in [5.74, 6) is -0.561. The summed E-state index contributed by atoms with van der Waals surface area (Å²) < 4.78 is 5.30. The van der Waals surface area contributed by atoms with E-state index in [1.165, 1.54) is 6.42 Å². The van der Waals surface area contributed by atoms with Crippen LogP contribution in [-0.4, -0.2) is 29.1 Å². The largest absolute Gasteiger partial charge is 0.481 e. The first-order valence-corrected chi connectivity index (χ1v) is 8.09. The van der Waals surface area contributed by atoms with Crippen molar-refractivity contribution < 1.29 is 19.4 Å². The van der Waals surface area contributed by atoms with Crippen LogP contribution in [0.1, 0.15) is 60.5 Å². The van der Waals surface area contributed by atoms with Crippen molar-refractivity contribution in [1.29, 1.82) is 0 Å². The van der Waals surface area contributed by atoms with Crippen molar-refractivity contribution >= 4 is 11.9 Å². The molecule has 5 nitrogen and oxygen atoms in total. The zero-order valence-corrected chi connectivity index (χ0v) is 14.1. The second-order valence-electron chi connectivity index (χ2n) is 6.70. The van der Waals surface area contributed by atoms with Gasteiger partial charge in [0.15, 0.2) is 6.61 Å². The average molecular weight is 319 g/mol. The number of rotatable bonds is 5. The summed E-state index contributed by atoms with van der Waals surface area (Å²) in [7, 11) is 0. The SMILES string of the molecule is Cc1cc(C(=O)NC2(C)CCCCC2)cc(C)c1OCC(=O)O. The molecule has 2 rings (SSSR count). The molecule has 0 unspecified atom stereocenters. The molecule has 0 aliphatic heterocycles. The number of hydrogen-bond acceptors (Lipinski definition) is 3. The molecule has 1 saturated carbocycles. The maximum Gasteiger partial charge on any atom is 0.341 e. The molecule has 1 fully saturated rings. The Labute approximate surface area is 137 Å². The Morgan fingerprint density at radius 1 is 1.17 bits per heavy atom. The Morgan fingerprint density at radius 3 is 2.26 bits per heavy atom. The zero-order valence-electron chi connectivity index (χ0n) is 14.1. The zero-order chi connectivity index (χ0) is 17.0.